The first-order valence-electron chi connectivity index (χ1n) is 13.0. The lowest BCUT2D eigenvalue weighted by Crippen LogP contribution is -2.38. The number of nitrogens with zero attached hydrogens (tertiary/aromatic N) is 4. The minimum Gasteiger partial charge on any atom is -0.384 e. The summed E-state index contributed by atoms with van der Waals surface area (Å²) in [4.78, 5) is 7.34. The summed E-state index contributed by atoms with van der Waals surface area (Å²) in [7, 11) is -1.81. The van der Waals surface area contributed by atoms with Crippen LogP contribution in [0.5, 0.6) is 0 Å². The van der Waals surface area contributed by atoms with Crippen LogP contribution < -0.4 is 10.0 Å². The van der Waals surface area contributed by atoms with E-state index < -0.39 is 10.0 Å². The number of likely N-dealkylation sites (N-methyl/N-ethyl adjacent to an activating group) is 1. The van der Waals surface area contributed by atoms with E-state index in [1.165, 1.54) is 4.31 Å². The van der Waals surface area contributed by atoms with Crippen molar-refractivity contribution < 1.29 is 8.42 Å². The van der Waals surface area contributed by atoms with Gasteiger partial charge in [-0.1, -0.05) is 60.1 Å². The van der Waals surface area contributed by atoms with Gasteiger partial charge in [-0.2, -0.15) is 0 Å². The summed E-state index contributed by atoms with van der Waals surface area (Å²) in [5.41, 5.74) is 9.71. The molecule has 4 aromatic rings. The van der Waals surface area contributed by atoms with E-state index in [9.17, 15) is 8.42 Å². The molecule has 1 aromatic heterocycles. The van der Waals surface area contributed by atoms with Crippen molar-refractivity contribution in [3.8, 4) is 0 Å². The first-order valence-corrected chi connectivity index (χ1v) is 15.3. The van der Waals surface area contributed by atoms with E-state index in [0.29, 0.717) is 28.8 Å². The van der Waals surface area contributed by atoms with Crippen LogP contribution in [0.2, 0.25) is 0 Å². The van der Waals surface area contributed by atoms with E-state index in [1.54, 1.807) is 18.2 Å². The molecule has 0 spiro atoms. The zero-order chi connectivity index (χ0) is 28.2. The summed E-state index contributed by atoms with van der Waals surface area (Å²) in [5, 5.41) is 7.56. The molecule has 10 heteroatoms. The topological polar surface area (TPSA) is 108 Å². The van der Waals surface area contributed by atoms with E-state index in [2.05, 4.69) is 39.2 Å². The van der Waals surface area contributed by atoms with E-state index in [-0.39, 0.29) is 10.7 Å². The van der Waals surface area contributed by atoms with Gasteiger partial charge in [-0.05, 0) is 61.5 Å². The average Bonchev–Trinajstić information content (AvgIpc) is 3.24. The highest BCUT2D eigenvalue weighted by atomic mass is 79.9. The Hall–Kier alpha value is -3.21. The maximum Gasteiger partial charge on any atom is 0.264 e. The monoisotopic (exact) mass is 610 g/mol. The molecule has 0 radical (unpaired) electrons. The molecule has 4 rings (SSSR count). The number of halogens is 1. The number of nitrogens with one attached hydrogen (secondary N) is 1. The number of amidine groups is 1. The van der Waals surface area contributed by atoms with Gasteiger partial charge in [0, 0.05) is 36.6 Å². The first kappa shape index (κ1) is 28.8. The van der Waals surface area contributed by atoms with Crippen LogP contribution in [0.3, 0.4) is 0 Å². The Morgan fingerprint density at radius 3 is 2.36 bits per heavy atom. The van der Waals surface area contributed by atoms with E-state index in [1.807, 2.05) is 55.6 Å². The SMILES string of the molecule is CCN(CC)CCN(c1ccc2c(c1)nc(CCc1ccc(C(=N)N)cc1)n2C)S(=O)(=O)c1cccc(Br)c1. The molecule has 0 unspecified atom stereocenters. The van der Waals surface area contributed by atoms with Crippen molar-refractivity contribution in [2.24, 2.45) is 12.8 Å². The Kier molecular flexibility index (Phi) is 9.09. The lowest BCUT2D eigenvalue weighted by Gasteiger charge is -2.28. The molecular formula is C29H35BrN6O2S. The second-order valence-corrected chi connectivity index (χ2v) is 12.2. The normalized spacial score (nSPS) is 11.8. The van der Waals surface area contributed by atoms with Gasteiger partial charge >= 0.3 is 0 Å². The van der Waals surface area contributed by atoms with Gasteiger partial charge in [0.2, 0.25) is 0 Å². The van der Waals surface area contributed by atoms with E-state index in [4.69, 9.17) is 16.1 Å². The fraction of sp³-hybridized carbons (Fsp3) is 0.310. The van der Waals surface area contributed by atoms with Gasteiger partial charge in [0.1, 0.15) is 11.7 Å². The number of fused-ring (bicyclic) bond motifs is 1. The van der Waals surface area contributed by atoms with Crippen molar-refractivity contribution in [2.45, 2.75) is 31.6 Å². The third-order valence-electron chi connectivity index (χ3n) is 7.05. The molecule has 39 heavy (non-hydrogen) atoms. The van der Waals surface area contributed by atoms with E-state index >= 15 is 0 Å². The highest BCUT2D eigenvalue weighted by molar-refractivity contribution is 9.10. The number of imidazole rings is 1. The summed E-state index contributed by atoms with van der Waals surface area (Å²) in [6.07, 6.45) is 1.51. The second kappa shape index (κ2) is 12.3. The third-order valence-corrected chi connectivity index (χ3v) is 9.36. The number of hydrogen-bond acceptors (Lipinski definition) is 5. The van der Waals surface area contributed by atoms with Crippen molar-refractivity contribution in [2.75, 3.05) is 30.5 Å². The Balaban J connectivity index is 1.65. The molecule has 8 nitrogen and oxygen atoms in total. The molecule has 0 amide bonds. The van der Waals surface area contributed by atoms with Crippen molar-refractivity contribution in [1.82, 2.24) is 14.5 Å². The largest absolute Gasteiger partial charge is 0.384 e. The maximum absolute atomic E-state index is 13.8. The quantitative estimate of drug-likeness (QED) is 0.174. The van der Waals surface area contributed by atoms with Crippen LogP contribution in [-0.2, 0) is 29.9 Å². The molecule has 0 aliphatic rings. The summed E-state index contributed by atoms with van der Waals surface area (Å²) < 4.78 is 32.0. The van der Waals surface area contributed by atoms with Crippen LogP contribution in [0.1, 0.15) is 30.8 Å². The van der Waals surface area contributed by atoms with E-state index in [0.717, 1.165) is 48.4 Å². The van der Waals surface area contributed by atoms with Crippen molar-refractivity contribution >= 4 is 48.5 Å². The molecule has 0 bridgehead atoms. The van der Waals surface area contributed by atoms with Gasteiger partial charge in [0.15, 0.2) is 0 Å². The average molecular weight is 612 g/mol. The third kappa shape index (κ3) is 6.51. The van der Waals surface area contributed by atoms with Gasteiger partial charge in [-0.15, -0.1) is 0 Å². The number of anilines is 1. The first-order chi connectivity index (χ1) is 18.6. The smallest absolute Gasteiger partial charge is 0.264 e. The molecule has 0 saturated carbocycles. The molecule has 3 N–H and O–H groups in total. The fourth-order valence-electron chi connectivity index (χ4n) is 4.64. The van der Waals surface area contributed by atoms with Crippen LogP contribution in [-0.4, -0.2) is 54.9 Å². The van der Waals surface area contributed by atoms with Crippen LogP contribution in [0.25, 0.3) is 11.0 Å². The number of rotatable bonds is 12. The Morgan fingerprint density at radius 2 is 1.72 bits per heavy atom. The standard InChI is InChI=1S/C29H35BrN6O2S/c1-4-35(5-2)17-18-36(39(37,38)25-8-6-7-23(30)19-25)24-14-15-27-26(20-24)33-28(34(27)3)16-11-21-9-12-22(13-10-21)29(31)32/h6-10,12-15,19-20H,4-5,11,16-18H2,1-3H3,(H3,31,32). The Morgan fingerprint density at radius 1 is 1.00 bits per heavy atom. The number of benzene rings is 3. The second-order valence-electron chi connectivity index (χ2n) is 9.43. The molecular weight excluding hydrogens is 576 g/mol. The molecule has 1 heterocycles. The minimum absolute atomic E-state index is 0.0563. The van der Waals surface area contributed by atoms with Crippen LogP contribution in [0, 0.1) is 5.41 Å². The lowest BCUT2D eigenvalue weighted by molar-refractivity contribution is 0.313. The molecule has 206 valence electrons. The summed E-state index contributed by atoms with van der Waals surface area (Å²) >= 11 is 3.41. The van der Waals surface area contributed by atoms with Crippen LogP contribution in [0.4, 0.5) is 5.69 Å². The predicted molar refractivity (Wildman–Crippen MR) is 162 cm³/mol. The molecule has 0 aliphatic carbocycles. The molecule has 0 aliphatic heterocycles. The summed E-state index contributed by atoms with van der Waals surface area (Å²) in [5.74, 6) is 0.975. The van der Waals surface area contributed by atoms with Crippen molar-refractivity contribution in [1.29, 1.82) is 5.41 Å². The molecule has 0 fully saturated rings. The molecule has 0 atom stereocenters. The van der Waals surface area contributed by atoms with Gasteiger partial charge in [-0.25, -0.2) is 13.4 Å². The van der Waals surface area contributed by atoms with Gasteiger partial charge < -0.3 is 15.2 Å². The van der Waals surface area contributed by atoms with Gasteiger partial charge in [0.05, 0.1) is 21.6 Å². The number of sulfonamides is 1. The Bertz CT molecular complexity index is 1560. The van der Waals surface area contributed by atoms with Crippen LogP contribution >= 0.6 is 15.9 Å². The summed E-state index contributed by atoms with van der Waals surface area (Å²) in [6.45, 7) is 6.81. The minimum atomic E-state index is -3.80. The number of nitrogens with two attached hydrogens (primary N) is 1. The van der Waals surface area contributed by atoms with Crippen molar-refractivity contribution in [3.63, 3.8) is 0 Å². The van der Waals surface area contributed by atoms with Gasteiger partial charge in [-0.3, -0.25) is 9.71 Å². The fourth-order valence-corrected chi connectivity index (χ4v) is 6.68. The zero-order valence-electron chi connectivity index (χ0n) is 22.6. The van der Waals surface area contributed by atoms with Crippen LogP contribution in [0.15, 0.2) is 76.1 Å². The zero-order valence-corrected chi connectivity index (χ0v) is 25.0. The highest BCUT2D eigenvalue weighted by Crippen LogP contribution is 2.29. The summed E-state index contributed by atoms with van der Waals surface area (Å²) in [6, 6.07) is 20.2. The molecule has 3 aromatic carbocycles. The van der Waals surface area contributed by atoms with Crippen molar-refractivity contribution in [3.05, 3.63) is 88.2 Å². The highest BCUT2D eigenvalue weighted by Gasteiger charge is 2.26. The number of aryl methyl sites for hydroxylation is 3. The van der Waals surface area contributed by atoms with Gasteiger partial charge in [0.25, 0.3) is 10.0 Å². The number of aromatic nitrogens is 2. The predicted octanol–water partition coefficient (Wildman–Crippen LogP) is 4.94. The Labute approximate surface area is 239 Å². The maximum atomic E-state index is 13.8. The molecule has 0 saturated heterocycles. The number of nitrogen functional groups attached to an aromatic ring is 1. The lowest BCUT2D eigenvalue weighted by atomic mass is 10.1. The number of hydrogen-bond donors (Lipinski definition) is 2.